The smallest absolute Gasteiger partial charge is 0.0417 e. The van der Waals surface area contributed by atoms with Gasteiger partial charge < -0.3 is 0 Å². The van der Waals surface area contributed by atoms with Crippen LogP contribution in [0.15, 0.2) is 0 Å². The Morgan fingerprint density at radius 1 is 0.833 bits per heavy atom. The van der Waals surface area contributed by atoms with Gasteiger partial charge in [0.15, 0.2) is 0 Å². The van der Waals surface area contributed by atoms with E-state index >= 15 is 0 Å². The molecular weight excluding hydrogens is 144 g/mol. The van der Waals surface area contributed by atoms with E-state index in [0.29, 0.717) is 0 Å². The first kappa shape index (κ1) is 14.5. The Hall–Kier alpha value is 0. The lowest BCUT2D eigenvalue weighted by molar-refractivity contribution is 0.352. The lowest BCUT2D eigenvalue weighted by Crippen LogP contribution is -2.05. The first-order valence-electron chi connectivity index (χ1n) is 5.63. The number of hydrogen-bond donors (Lipinski definition) is 0. The van der Waals surface area contributed by atoms with Gasteiger partial charge in [0.25, 0.3) is 0 Å². The minimum absolute atomic E-state index is 0.921. The first-order chi connectivity index (χ1) is 5.63. The number of rotatable bonds is 4. The van der Waals surface area contributed by atoms with Crippen LogP contribution in [0.2, 0.25) is 0 Å². The van der Waals surface area contributed by atoms with Gasteiger partial charge in [-0.1, -0.05) is 67.2 Å². The summed E-state index contributed by atoms with van der Waals surface area (Å²) in [5, 5.41) is 0. The zero-order valence-electron chi connectivity index (χ0n) is 9.98. The van der Waals surface area contributed by atoms with Crippen LogP contribution < -0.4 is 0 Å². The molecule has 0 nitrogen and oxygen atoms in total. The second-order valence-electron chi connectivity index (χ2n) is 3.86. The van der Waals surface area contributed by atoms with Crippen LogP contribution >= 0.6 is 0 Å². The van der Waals surface area contributed by atoms with Gasteiger partial charge in [0.1, 0.15) is 0 Å². The molecule has 0 N–H and O–H groups in total. The van der Waals surface area contributed by atoms with Gasteiger partial charge in [-0.05, 0) is 11.8 Å². The van der Waals surface area contributed by atoms with E-state index in [1.54, 1.807) is 0 Å². The maximum Gasteiger partial charge on any atom is -0.0417 e. The van der Waals surface area contributed by atoms with Gasteiger partial charge in [-0.15, -0.1) is 0 Å². The Bertz CT molecular complexity index is 66.4. The van der Waals surface area contributed by atoms with Gasteiger partial charge in [-0.3, -0.25) is 0 Å². The monoisotopic (exact) mass is 172 g/mol. The average molecular weight is 172 g/mol. The molecule has 12 heavy (non-hydrogen) atoms. The molecule has 0 heterocycles. The Kier molecular flexibility index (Phi) is 13.3. The van der Waals surface area contributed by atoms with E-state index in [4.69, 9.17) is 0 Å². The van der Waals surface area contributed by atoms with Gasteiger partial charge in [0.05, 0.1) is 0 Å². The Labute approximate surface area is 79.8 Å². The standard InChI is InChI=1S/C9H20.C3H8/c1-5-7-9(4)8(3)6-2;1-3-2/h8-9H,5-7H2,1-4H3;3H2,1-2H3. The predicted molar refractivity (Wildman–Crippen MR) is 59.5 cm³/mol. The largest absolute Gasteiger partial charge is 0.0656 e. The third-order valence-corrected chi connectivity index (χ3v) is 2.36. The predicted octanol–water partition coefficient (Wildman–Crippen LogP) is 4.89. The van der Waals surface area contributed by atoms with E-state index in [0.717, 1.165) is 11.8 Å². The molecule has 2 atom stereocenters. The van der Waals surface area contributed by atoms with Crippen LogP contribution in [-0.2, 0) is 0 Å². The molecule has 0 heteroatoms. The van der Waals surface area contributed by atoms with Crippen LogP contribution in [0.25, 0.3) is 0 Å². The molecule has 0 aliphatic heterocycles. The minimum Gasteiger partial charge on any atom is -0.0656 e. The van der Waals surface area contributed by atoms with Crippen molar-refractivity contribution in [1.82, 2.24) is 0 Å². The van der Waals surface area contributed by atoms with E-state index in [1.807, 2.05) is 0 Å². The van der Waals surface area contributed by atoms with Crippen molar-refractivity contribution in [3.05, 3.63) is 0 Å². The molecule has 0 saturated carbocycles. The maximum atomic E-state index is 2.36. The van der Waals surface area contributed by atoms with Gasteiger partial charge in [0, 0.05) is 0 Å². The highest BCUT2D eigenvalue weighted by atomic mass is 14.1. The fourth-order valence-corrected chi connectivity index (χ4v) is 1.14. The average Bonchev–Trinajstić information content (AvgIpc) is 2.05. The maximum absolute atomic E-state index is 2.36. The first-order valence-corrected chi connectivity index (χ1v) is 5.63. The molecule has 0 rings (SSSR count). The molecule has 76 valence electrons. The van der Waals surface area contributed by atoms with Crippen LogP contribution in [-0.4, -0.2) is 0 Å². The molecule has 0 bridgehead atoms. The molecule has 2 unspecified atom stereocenters. The highest BCUT2D eigenvalue weighted by Crippen LogP contribution is 2.18. The summed E-state index contributed by atoms with van der Waals surface area (Å²) in [5.41, 5.74) is 0. The van der Waals surface area contributed by atoms with Crippen LogP contribution in [0.5, 0.6) is 0 Å². The van der Waals surface area contributed by atoms with Crippen LogP contribution in [0.1, 0.15) is 67.2 Å². The van der Waals surface area contributed by atoms with Crippen molar-refractivity contribution in [1.29, 1.82) is 0 Å². The lowest BCUT2D eigenvalue weighted by atomic mass is 9.90. The summed E-state index contributed by atoms with van der Waals surface area (Å²) in [4.78, 5) is 0. The summed E-state index contributed by atoms with van der Waals surface area (Å²) >= 11 is 0. The summed E-state index contributed by atoms with van der Waals surface area (Å²) in [7, 11) is 0. The van der Waals surface area contributed by atoms with E-state index in [2.05, 4.69) is 41.5 Å². The van der Waals surface area contributed by atoms with Gasteiger partial charge in [-0.2, -0.15) is 0 Å². The molecule has 0 aliphatic rings. The topological polar surface area (TPSA) is 0 Å². The zero-order valence-corrected chi connectivity index (χ0v) is 9.98. The molecule has 0 amide bonds. The van der Waals surface area contributed by atoms with E-state index in [9.17, 15) is 0 Å². The Morgan fingerprint density at radius 3 is 1.50 bits per heavy atom. The van der Waals surface area contributed by atoms with Gasteiger partial charge >= 0.3 is 0 Å². The fourth-order valence-electron chi connectivity index (χ4n) is 1.14. The third-order valence-electron chi connectivity index (χ3n) is 2.36. The molecule has 0 radical (unpaired) electrons. The van der Waals surface area contributed by atoms with Gasteiger partial charge in [0.2, 0.25) is 0 Å². The van der Waals surface area contributed by atoms with Crippen molar-refractivity contribution in [2.75, 3.05) is 0 Å². The SMILES string of the molecule is CCC.CCCC(C)C(C)CC. The van der Waals surface area contributed by atoms with E-state index in [-0.39, 0.29) is 0 Å². The second-order valence-corrected chi connectivity index (χ2v) is 3.86. The highest BCUT2D eigenvalue weighted by Gasteiger charge is 2.07. The number of hydrogen-bond acceptors (Lipinski definition) is 0. The van der Waals surface area contributed by atoms with Crippen molar-refractivity contribution in [2.24, 2.45) is 11.8 Å². The summed E-state index contributed by atoms with van der Waals surface area (Å²) in [5.74, 6) is 1.85. The van der Waals surface area contributed by atoms with Crippen molar-refractivity contribution in [3.63, 3.8) is 0 Å². The van der Waals surface area contributed by atoms with Crippen LogP contribution in [0.3, 0.4) is 0 Å². The highest BCUT2D eigenvalue weighted by molar-refractivity contribution is 4.58. The summed E-state index contributed by atoms with van der Waals surface area (Å²) in [6.07, 6.45) is 5.32. The summed E-state index contributed by atoms with van der Waals surface area (Å²) < 4.78 is 0. The van der Waals surface area contributed by atoms with Crippen molar-refractivity contribution < 1.29 is 0 Å². The molecule has 0 aromatic carbocycles. The quantitative estimate of drug-likeness (QED) is 0.566. The summed E-state index contributed by atoms with van der Waals surface area (Å²) in [6.45, 7) is 13.5. The Balaban J connectivity index is 0. The van der Waals surface area contributed by atoms with Crippen molar-refractivity contribution in [3.8, 4) is 0 Å². The van der Waals surface area contributed by atoms with Crippen molar-refractivity contribution >= 4 is 0 Å². The minimum atomic E-state index is 0.921. The Morgan fingerprint density at radius 2 is 1.25 bits per heavy atom. The zero-order chi connectivity index (χ0) is 9.98. The van der Waals surface area contributed by atoms with E-state index < -0.39 is 0 Å². The molecule has 0 spiro atoms. The van der Waals surface area contributed by atoms with Crippen LogP contribution in [0, 0.1) is 11.8 Å². The molecule has 0 fully saturated rings. The lowest BCUT2D eigenvalue weighted by Gasteiger charge is -2.16. The molecule has 0 aromatic rings. The fraction of sp³-hybridized carbons (Fsp3) is 1.00. The van der Waals surface area contributed by atoms with Gasteiger partial charge in [-0.25, -0.2) is 0 Å². The van der Waals surface area contributed by atoms with Crippen LogP contribution in [0.4, 0.5) is 0 Å². The third kappa shape index (κ3) is 10.0. The molecule has 0 saturated heterocycles. The van der Waals surface area contributed by atoms with E-state index in [1.165, 1.54) is 25.7 Å². The molecule has 0 aromatic heterocycles. The molecule has 0 aliphatic carbocycles. The second kappa shape index (κ2) is 11.0. The normalized spacial score (nSPS) is 14.5. The molecular formula is C12H28. The van der Waals surface area contributed by atoms with Crippen molar-refractivity contribution in [2.45, 2.75) is 67.2 Å². The summed E-state index contributed by atoms with van der Waals surface area (Å²) in [6, 6.07) is 0.